The summed E-state index contributed by atoms with van der Waals surface area (Å²) in [5, 5.41) is 0.413. The molecule has 1 atom stereocenters. The zero-order chi connectivity index (χ0) is 16.9. The van der Waals surface area contributed by atoms with Gasteiger partial charge in [-0.3, -0.25) is 13.8 Å². The van der Waals surface area contributed by atoms with E-state index in [-0.39, 0.29) is 11.9 Å². The Labute approximate surface area is 145 Å². The summed E-state index contributed by atoms with van der Waals surface area (Å²) in [7, 11) is 0. The highest BCUT2D eigenvalue weighted by Crippen LogP contribution is 2.51. The van der Waals surface area contributed by atoms with E-state index in [0.29, 0.717) is 25.0 Å². The van der Waals surface area contributed by atoms with E-state index < -0.39 is 6.72 Å². The van der Waals surface area contributed by atoms with E-state index in [1.807, 2.05) is 13.8 Å². The molecular formula is C14H22NO5PS2. The third-order valence-corrected chi connectivity index (χ3v) is 6.80. The lowest BCUT2D eigenvalue weighted by atomic mass is 9.91. The van der Waals surface area contributed by atoms with Crippen LogP contribution in [0.3, 0.4) is 0 Å². The lowest BCUT2D eigenvalue weighted by Gasteiger charge is -2.19. The summed E-state index contributed by atoms with van der Waals surface area (Å²) >= 11 is 6.78. The number of aromatic nitrogens is 1. The number of carbonyl (C=O) groups is 1. The minimum absolute atomic E-state index is 0.223. The maximum atomic E-state index is 12.1. The Balaban J connectivity index is 2.20. The first-order valence-corrected chi connectivity index (χ1v) is 11.1. The van der Waals surface area contributed by atoms with Gasteiger partial charge in [0, 0.05) is 16.7 Å². The van der Waals surface area contributed by atoms with Crippen molar-refractivity contribution in [1.82, 2.24) is 4.98 Å². The highest BCUT2D eigenvalue weighted by atomic mass is 32.5. The number of aryl methyl sites for hydroxylation is 1. The molecule has 0 spiro atoms. The molecular weight excluding hydrogens is 357 g/mol. The molecule has 0 N–H and O–H groups in total. The number of carbonyl (C=O) groups excluding carboxylic acids is 1. The van der Waals surface area contributed by atoms with E-state index in [1.165, 1.54) is 11.3 Å². The van der Waals surface area contributed by atoms with Crippen LogP contribution >= 0.6 is 18.1 Å². The van der Waals surface area contributed by atoms with Crippen LogP contribution in [0.1, 0.15) is 50.1 Å². The van der Waals surface area contributed by atoms with Gasteiger partial charge in [0.15, 0.2) is 0 Å². The monoisotopic (exact) mass is 379 g/mol. The van der Waals surface area contributed by atoms with Crippen LogP contribution in [0.4, 0.5) is 0 Å². The van der Waals surface area contributed by atoms with Gasteiger partial charge in [0.05, 0.1) is 25.5 Å². The number of nitrogens with zero attached hydrogens (tertiary/aromatic N) is 1. The van der Waals surface area contributed by atoms with Gasteiger partial charge in [0.2, 0.25) is 0 Å². The van der Waals surface area contributed by atoms with Crippen molar-refractivity contribution in [2.24, 2.45) is 0 Å². The van der Waals surface area contributed by atoms with E-state index in [1.54, 1.807) is 6.92 Å². The molecule has 0 fully saturated rings. The fourth-order valence-electron chi connectivity index (χ4n) is 2.41. The quantitative estimate of drug-likeness (QED) is 0.503. The van der Waals surface area contributed by atoms with Gasteiger partial charge < -0.3 is 9.26 Å². The molecule has 0 amide bonds. The van der Waals surface area contributed by atoms with Crippen molar-refractivity contribution in [3.8, 4) is 5.19 Å². The van der Waals surface area contributed by atoms with Crippen LogP contribution in [-0.4, -0.2) is 30.8 Å². The average Bonchev–Trinajstić information content (AvgIpc) is 2.89. The molecule has 1 heterocycles. The fraction of sp³-hybridized carbons (Fsp3) is 0.714. The summed E-state index contributed by atoms with van der Waals surface area (Å²) < 4.78 is 21.9. The van der Waals surface area contributed by atoms with Crippen molar-refractivity contribution in [3.63, 3.8) is 0 Å². The summed E-state index contributed by atoms with van der Waals surface area (Å²) in [6, 6.07) is 0. The minimum Gasteiger partial charge on any atom is -0.465 e. The summed E-state index contributed by atoms with van der Waals surface area (Å²) in [5.41, 5.74) is 0.754. The molecule has 1 aliphatic carbocycles. The van der Waals surface area contributed by atoms with Crippen LogP contribution in [0.5, 0.6) is 5.19 Å². The largest absolute Gasteiger partial charge is 0.465 e. The molecule has 0 aliphatic heterocycles. The number of hydrogen-bond donors (Lipinski definition) is 0. The molecule has 0 saturated heterocycles. The third-order valence-electron chi connectivity index (χ3n) is 3.27. The number of hydrogen-bond acceptors (Lipinski definition) is 8. The van der Waals surface area contributed by atoms with Crippen LogP contribution in [0.2, 0.25) is 0 Å². The SMILES string of the molecule is CCOC(=O)C1CCCc2sc(OP(=S)(OCC)OCC)nc21. The van der Waals surface area contributed by atoms with Crippen molar-refractivity contribution < 1.29 is 23.1 Å². The van der Waals surface area contributed by atoms with Crippen molar-refractivity contribution in [1.29, 1.82) is 0 Å². The Morgan fingerprint density at radius 1 is 1.30 bits per heavy atom. The first-order valence-electron chi connectivity index (χ1n) is 7.77. The zero-order valence-corrected chi connectivity index (χ0v) is 16.1. The van der Waals surface area contributed by atoms with Gasteiger partial charge in [-0.25, -0.2) is 4.98 Å². The fourth-order valence-corrected chi connectivity index (χ4v) is 5.78. The van der Waals surface area contributed by atoms with Gasteiger partial charge in [0.1, 0.15) is 5.92 Å². The van der Waals surface area contributed by atoms with E-state index in [4.69, 9.17) is 30.1 Å². The highest BCUT2D eigenvalue weighted by molar-refractivity contribution is 8.07. The first-order chi connectivity index (χ1) is 11.0. The van der Waals surface area contributed by atoms with Gasteiger partial charge in [-0.15, -0.1) is 0 Å². The van der Waals surface area contributed by atoms with Gasteiger partial charge in [-0.05, 0) is 40.0 Å². The molecule has 2 rings (SSSR count). The Kier molecular flexibility index (Phi) is 6.98. The van der Waals surface area contributed by atoms with Crippen molar-refractivity contribution >= 4 is 35.8 Å². The molecule has 9 heteroatoms. The molecule has 0 aromatic carbocycles. The molecule has 0 saturated carbocycles. The Morgan fingerprint density at radius 2 is 2.00 bits per heavy atom. The predicted octanol–water partition coefficient (Wildman–Crippen LogP) is 3.80. The number of esters is 1. The molecule has 0 radical (unpaired) electrons. The summed E-state index contributed by atoms with van der Waals surface area (Å²) in [5.74, 6) is -0.538. The maximum Gasteiger partial charge on any atom is 0.382 e. The second-order valence-electron chi connectivity index (χ2n) is 4.86. The van der Waals surface area contributed by atoms with Gasteiger partial charge in [0.25, 0.3) is 5.19 Å². The topological polar surface area (TPSA) is 66.9 Å². The predicted molar refractivity (Wildman–Crippen MR) is 92.6 cm³/mol. The average molecular weight is 379 g/mol. The molecule has 6 nitrogen and oxygen atoms in total. The summed E-state index contributed by atoms with van der Waals surface area (Å²) in [4.78, 5) is 17.6. The standard InChI is InChI=1S/C14H22NO5PS2/c1-4-17-13(16)10-8-7-9-11-12(10)15-14(23-11)20-21(22,18-5-2)19-6-3/h10H,4-9H2,1-3H3. The van der Waals surface area contributed by atoms with Gasteiger partial charge in [-0.1, -0.05) is 11.3 Å². The van der Waals surface area contributed by atoms with Crippen LogP contribution in [0.15, 0.2) is 0 Å². The molecule has 130 valence electrons. The normalized spacial score (nSPS) is 17.6. The minimum atomic E-state index is -2.84. The van der Waals surface area contributed by atoms with Crippen LogP contribution in [0, 0.1) is 0 Å². The second-order valence-corrected chi connectivity index (χ2v) is 8.84. The zero-order valence-electron chi connectivity index (χ0n) is 13.6. The van der Waals surface area contributed by atoms with Crippen molar-refractivity contribution in [2.45, 2.75) is 46.0 Å². The van der Waals surface area contributed by atoms with Crippen LogP contribution in [-0.2, 0) is 36.8 Å². The summed E-state index contributed by atoms with van der Waals surface area (Å²) in [6.07, 6.45) is 2.57. The Bertz CT molecular complexity index is 582. The van der Waals surface area contributed by atoms with E-state index in [9.17, 15) is 4.79 Å². The van der Waals surface area contributed by atoms with E-state index in [2.05, 4.69) is 4.98 Å². The van der Waals surface area contributed by atoms with Gasteiger partial charge in [-0.2, -0.15) is 0 Å². The lowest BCUT2D eigenvalue weighted by Crippen LogP contribution is -2.20. The van der Waals surface area contributed by atoms with Crippen molar-refractivity contribution in [2.75, 3.05) is 19.8 Å². The van der Waals surface area contributed by atoms with E-state index >= 15 is 0 Å². The molecule has 1 aromatic heterocycles. The lowest BCUT2D eigenvalue weighted by molar-refractivity contribution is -0.145. The second kappa shape index (κ2) is 8.53. The number of rotatable bonds is 8. The molecule has 0 bridgehead atoms. The molecule has 23 heavy (non-hydrogen) atoms. The molecule has 1 unspecified atom stereocenters. The third kappa shape index (κ3) is 4.73. The Morgan fingerprint density at radius 3 is 2.61 bits per heavy atom. The number of ether oxygens (including phenoxy) is 1. The molecule has 1 aliphatic rings. The number of thiazole rings is 1. The van der Waals surface area contributed by atoms with Gasteiger partial charge >= 0.3 is 12.7 Å². The van der Waals surface area contributed by atoms with Crippen LogP contribution in [0.25, 0.3) is 0 Å². The van der Waals surface area contributed by atoms with E-state index in [0.717, 1.165) is 29.8 Å². The maximum absolute atomic E-state index is 12.1. The Hall–Kier alpha value is -0.530. The smallest absolute Gasteiger partial charge is 0.382 e. The summed E-state index contributed by atoms with van der Waals surface area (Å²) in [6.45, 7) is 3.83. The highest BCUT2D eigenvalue weighted by Gasteiger charge is 2.33. The first kappa shape index (κ1) is 18.8. The molecule has 1 aromatic rings. The van der Waals surface area contributed by atoms with Crippen molar-refractivity contribution in [3.05, 3.63) is 10.6 Å². The van der Waals surface area contributed by atoms with Crippen LogP contribution < -0.4 is 4.52 Å². The number of fused-ring (bicyclic) bond motifs is 1.